The molecule has 25 heavy (non-hydrogen) atoms. The van der Waals surface area contributed by atoms with Gasteiger partial charge < -0.3 is 4.74 Å². The molecule has 0 radical (unpaired) electrons. The van der Waals surface area contributed by atoms with Gasteiger partial charge in [-0.3, -0.25) is 4.79 Å². The van der Waals surface area contributed by atoms with Gasteiger partial charge in [-0.2, -0.15) is 0 Å². The maximum absolute atomic E-state index is 12.8. The third-order valence-corrected chi connectivity index (χ3v) is 6.51. The molecule has 1 saturated carbocycles. The highest BCUT2D eigenvalue weighted by molar-refractivity contribution is 6.30. The predicted octanol–water partition coefficient (Wildman–Crippen LogP) is 5.23. The number of benzene rings is 2. The smallest absolute Gasteiger partial charge is 0.311 e. The highest BCUT2D eigenvalue weighted by Gasteiger charge is 2.65. The predicted molar refractivity (Wildman–Crippen MR) is 97.5 cm³/mol. The largest absolute Gasteiger partial charge is 0.449 e. The van der Waals surface area contributed by atoms with Gasteiger partial charge in [0.25, 0.3) is 0 Å². The Hall–Kier alpha value is -1.77. The lowest BCUT2D eigenvalue weighted by molar-refractivity contribution is -0.150. The standard InChI is InChI=1S/C21H16Cl2O2/c22-16-7-3-14(4-8-16)21(15-5-9-17(23)10-6-15)19-13-2-1-12(11-13)18(19)20(24)25-21/h1-10,12-13,18-19H,11H2/t12-,13+,18+,19-/m0/s1. The number of esters is 1. The van der Waals surface area contributed by atoms with Gasteiger partial charge in [0.1, 0.15) is 0 Å². The molecule has 0 N–H and O–H groups in total. The molecule has 4 heteroatoms. The van der Waals surface area contributed by atoms with Crippen molar-refractivity contribution in [1.29, 1.82) is 0 Å². The molecule has 2 bridgehead atoms. The van der Waals surface area contributed by atoms with E-state index >= 15 is 0 Å². The summed E-state index contributed by atoms with van der Waals surface area (Å²) in [5.41, 5.74) is 1.17. The van der Waals surface area contributed by atoms with Gasteiger partial charge in [-0.25, -0.2) is 0 Å². The first-order valence-corrected chi connectivity index (χ1v) is 9.28. The molecule has 3 aliphatic rings. The minimum atomic E-state index is -0.777. The number of hydrogen-bond acceptors (Lipinski definition) is 2. The van der Waals surface area contributed by atoms with Gasteiger partial charge in [-0.1, -0.05) is 59.6 Å². The van der Waals surface area contributed by atoms with Gasteiger partial charge in [0.2, 0.25) is 0 Å². The molecule has 0 spiro atoms. The highest BCUT2D eigenvalue weighted by Crippen LogP contribution is 2.62. The fraction of sp³-hybridized carbons (Fsp3) is 0.286. The lowest BCUT2D eigenvalue weighted by Crippen LogP contribution is -2.38. The van der Waals surface area contributed by atoms with Crippen LogP contribution in [0.15, 0.2) is 60.7 Å². The van der Waals surface area contributed by atoms with Gasteiger partial charge in [0.05, 0.1) is 5.92 Å². The maximum Gasteiger partial charge on any atom is 0.311 e. The van der Waals surface area contributed by atoms with E-state index in [-0.39, 0.29) is 17.8 Å². The monoisotopic (exact) mass is 370 g/mol. The van der Waals surface area contributed by atoms with E-state index in [4.69, 9.17) is 27.9 Å². The highest BCUT2D eigenvalue weighted by atomic mass is 35.5. The molecule has 126 valence electrons. The summed E-state index contributed by atoms with van der Waals surface area (Å²) in [7, 11) is 0. The molecule has 0 amide bonds. The molecule has 4 atom stereocenters. The van der Waals surface area contributed by atoms with Gasteiger partial charge in [-0.15, -0.1) is 0 Å². The zero-order valence-electron chi connectivity index (χ0n) is 13.4. The first-order chi connectivity index (χ1) is 12.1. The molecule has 1 heterocycles. The van der Waals surface area contributed by atoms with Crippen LogP contribution in [0.1, 0.15) is 17.5 Å². The summed E-state index contributed by atoms with van der Waals surface area (Å²) in [5.74, 6) is 0.599. The van der Waals surface area contributed by atoms with Crippen LogP contribution in [-0.4, -0.2) is 5.97 Å². The molecule has 2 fully saturated rings. The van der Waals surface area contributed by atoms with Crippen molar-refractivity contribution in [3.63, 3.8) is 0 Å². The number of hydrogen-bond donors (Lipinski definition) is 0. The maximum atomic E-state index is 12.8. The van der Waals surface area contributed by atoms with E-state index in [1.165, 1.54) is 0 Å². The second kappa shape index (κ2) is 5.36. The number of carbonyl (C=O) groups excluding carboxylic acids is 1. The average molecular weight is 371 g/mol. The molecule has 0 aromatic heterocycles. The van der Waals surface area contributed by atoms with E-state index in [0.29, 0.717) is 21.9 Å². The van der Waals surface area contributed by atoms with Crippen molar-refractivity contribution >= 4 is 29.2 Å². The Morgan fingerprint density at radius 3 is 1.92 bits per heavy atom. The molecule has 2 nitrogen and oxygen atoms in total. The fourth-order valence-corrected chi connectivity index (χ4v) is 5.31. The summed E-state index contributed by atoms with van der Waals surface area (Å²) in [6.07, 6.45) is 5.48. The van der Waals surface area contributed by atoms with Crippen molar-refractivity contribution in [2.75, 3.05) is 0 Å². The van der Waals surface area contributed by atoms with Crippen molar-refractivity contribution in [2.24, 2.45) is 23.7 Å². The van der Waals surface area contributed by atoms with Crippen molar-refractivity contribution in [3.05, 3.63) is 81.9 Å². The summed E-state index contributed by atoms with van der Waals surface area (Å²) in [4.78, 5) is 12.8. The Morgan fingerprint density at radius 1 is 0.840 bits per heavy atom. The van der Waals surface area contributed by atoms with E-state index < -0.39 is 5.60 Å². The number of rotatable bonds is 2. The summed E-state index contributed by atoms with van der Waals surface area (Å²) >= 11 is 12.2. The van der Waals surface area contributed by atoms with Crippen LogP contribution in [0, 0.1) is 23.7 Å². The molecule has 1 aliphatic heterocycles. The second-order valence-electron chi connectivity index (χ2n) is 7.17. The SMILES string of the molecule is O=C1OC(c2ccc(Cl)cc2)(c2ccc(Cl)cc2)[C@@H]2[C@H]1[C@H]1C=C[C@@H]2C1. The summed E-state index contributed by atoms with van der Waals surface area (Å²) in [6, 6.07) is 15.3. The van der Waals surface area contributed by atoms with Gasteiger partial charge in [-0.05, 0) is 42.5 Å². The van der Waals surface area contributed by atoms with Crippen LogP contribution in [0.25, 0.3) is 0 Å². The molecule has 2 aromatic rings. The Kier molecular flexibility index (Phi) is 3.32. The van der Waals surface area contributed by atoms with E-state index in [1.54, 1.807) is 0 Å². The molecular weight excluding hydrogens is 355 g/mol. The Balaban J connectivity index is 1.75. The first-order valence-electron chi connectivity index (χ1n) is 8.53. The first kappa shape index (κ1) is 15.5. The minimum absolute atomic E-state index is 0.0682. The average Bonchev–Trinajstić information content (AvgIpc) is 3.29. The van der Waals surface area contributed by atoms with Gasteiger partial charge >= 0.3 is 5.97 Å². The van der Waals surface area contributed by atoms with Crippen LogP contribution >= 0.6 is 23.2 Å². The number of cyclic esters (lactones) is 1. The quantitative estimate of drug-likeness (QED) is 0.534. The second-order valence-corrected chi connectivity index (χ2v) is 8.04. The van der Waals surface area contributed by atoms with Crippen LogP contribution in [0.5, 0.6) is 0 Å². The third-order valence-electron chi connectivity index (χ3n) is 6.01. The lowest BCUT2D eigenvalue weighted by Gasteiger charge is -2.37. The van der Waals surface area contributed by atoms with Crippen molar-refractivity contribution in [3.8, 4) is 0 Å². The number of ether oxygens (including phenoxy) is 1. The molecule has 2 aromatic carbocycles. The van der Waals surface area contributed by atoms with Crippen molar-refractivity contribution in [2.45, 2.75) is 12.0 Å². The summed E-state index contributed by atoms with van der Waals surface area (Å²) in [6.45, 7) is 0. The molecule has 5 rings (SSSR count). The normalized spacial score (nSPS) is 31.2. The molecule has 0 unspecified atom stereocenters. The zero-order chi connectivity index (χ0) is 17.2. The van der Waals surface area contributed by atoms with Crippen molar-refractivity contribution in [1.82, 2.24) is 0 Å². The molecule has 2 aliphatic carbocycles. The van der Waals surface area contributed by atoms with Crippen LogP contribution in [0.3, 0.4) is 0 Å². The van der Waals surface area contributed by atoms with Gasteiger partial charge in [0, 0.05) is 27.1 Å². The van der Waals surface area contributed by atoms with Crippen molar-refractivity contribution < 1.29 is 9.53 Å². The molecule has 1 saturated heterocycles. The fourth-order valence-electron chi connectivity index (χ4n) is 5.06. The topological polar surface area (TPSA) is 26.3 Å². The Labute approximate surface area is 156 Å². The van der Waals surface area contributed by atoms with Crippen LogP contribution in [0.2, 0.25) is 10.0 Å². The number of carbonyl (C=O) groups is 1. The van der Waals surface area contributed by atoms with Crippen LogP contribution in [-0.2, 0) is 15.1 Å². The molecular formula is C21H16Cl2O2. The summed E-state index contributed by atoms with van der Waals surface area (Å²) in [5, 5.41) is 1.34. The number of fused-ring (bicyclic) bond motifs is 5. The minimum Gasteiger partial charge on any atom is -0.449 e. The van der Waals surface area contributed by atoms with Gasteiger partial charge in [0.15, 0.2) is 5.60 Å². The van der Waals surface area contributed by atoms with E-state index in [1.807, 2.05) is 48.5 Å². The van der Waals surface area contributed by atoms with E-state index in [2.05, 4.69) is 12.2 Å². The number of halogens is 2. The van der Waals surface area contributed by atoms with E-state index in [9.17, 15) is 4.79 Å². The lowest BCUT2D eigenvalue weighted by atomic mass is 9.68. The Morgan fingerprint density at radius 2 is 1.36 bits per heavy atom. The Bertz CT molecular complexity index is 824. The van der Waals surface area contributed by atoms with Crippen LogP contribution < -0.4 is 0 Å². The summed E-state index contributed by atoms with van der Waals surface area (Å²) < 4.78 is 6.18. The van der Waals surface area contributed by atoms with E-state index in [0.717, 1.165) is 17.5 Å². The van der Waals surface area contributed by atoms with Crippen LogP contribution in [0.4, 0.5) is 0 Å². The number of allylic oxidation sites excluding steroid dienone is 2. The zero-order valence-corrected chi connectivity index (χ0v) is 14.9. The third kappa shape index (κ3) is 2.07.